The average Bonchev–Trinajstić information content (AvgIpc) is 4.19. The van der Waals surface area contributed by atoms with Gasteiger partial charge in [0, 0.05) is 40.5 Å². The summed E-state index contributed by atoms with van der Waals surface area (Å²) >= 11 is 0. The number of hydrogen-bond acceptors (Lipinski definition) is 6. The quantitative estimate of drug-likeness (QED) is 0.107. The Bertz CT molecular complexity index is 3470. The van der Waals surface area contributed by atoms with Gasteiger partial charge in [-0.1, -0.05) is 133 Å². The van der Waals surface area contributed by atoms with Crippen molar-refractivity contribution in [3.05, 3.63) is 224 Å². The molecule has 0 radical (unpaired) electrons. The standard InChI is InChI=1S/C52H37N5O3Si/c1-3-16-39(17-4-1)61(40-18-5-2-6-19-40,41-20-13-15-38(29-41)56-46-25-10-11-26-47(46)57-45-24-9-8-23-44(45)55-51(56)57)49-28-14-22-43-50(49)60-48-27-12-7-21-42(48)52(43,30-36-32-58-34-53-36)31-37-33-59-35-54-37/h1-29,32-35H,30-31H2/i30D2,31D2. The Kier molecular flexibility index (Phi) is 7.13. The maximum Gasteiger partial charge on any atom is 0.220 e. The van der Waals surface area contributed by atoms with Crippen molar-refractivity contribution in [3.8, 4) is 17.2 Å². The van der Waals surface area contributed by atoms with E-state index in [-0.39, 0.29) is 22.5 Å². The lowest BCUT2D eigenvalue weighted by molar-refractivity contribution is 0.383. The highest BCUT2D eigenvalue weighted by Crippen LogP contribution is 2.51. The lowest BCUT2D eigenvalue weighted by Crippen LogP contribution is -2.75. The average molecular weight is 812 g/mol. The molecule has 0 N–H and O–H groups in total. The van der Waals surface area contributed by atoms with Gasteiger partial charge in [0.25, 0.3) is 0 Å². The number of ether oxygens (including phenoxy) is 1. The van der Waals surface area contributed by atoms with E-state index < -0.39 is 26.2 Å². The number of imidazole rings is 2. The van der Waals surface area contributed by atoms with Crippen LogP contribution in [0.3, 0.4) is 0 Å². The molecule has 1 aliphatic heterocycles. The predicted octanol–water partition coefficient (Wildman–Crippen LogP) is 8.66. The predicted molar refractivity (Wildman–Crippen MR) is 241 cm³/mol. The molecule has 0 unspecified atom stereocenters. The van der Waals surface area contributed by atoms with Crippen LogP contribution >= 0.6 is 0 Å². The molecule has 292 valence electrons. The Morgan fingerprint density at radius 1 is 0.557 bits per heavy atom. The number of oxazole rings is 2. The van der Waals surface area contributed by atoms with Crippen LogP contribution in [-0.4, -0.2) is 32.0 Å². The minimum Gasteiger partial charge on any atom is -0.457 e. The van der Waals surface area contributed by atoms with Gasteiger partial charge in [0.2, 0.25) is 5.78 Å². The van der Waals surface area contributed by atoms with E-state index in [9.17, 15) is 5.48 Å². The van der Waals surface area contributed by atoms with Crippen molar-refractivity contribution in [1.82, 2.24) is 23.9 Å². The molecule has 1 aliphatic rings. The van der Waals surface area contributed by atoms with Crippen LogP contribution in [0.5, 0.6) is 11.5 Å². The van der Waals surface area contributed by atoms with Gasteiger partial charge in [-0.3, -0.25) is 8.97 Å². The first kappa shape index (κ1) is 31.2. The topological polar surface area (TPSA) is 83.5 Å². The van der Waals surface area contributed by atoms with Gasteiger partial charge in [0.15, 0.2) is 20.9 Å². The highest BCUT2D eigenvalue weighted by Gasteiger charge is 2.49. The van der Waals surface area contributed by atoms with E-state index >= 15 is 0 Å². The van der Waals surface area contributed by atoms with Crippen LogP contribution in [0, 0.1) is 0 Å². The molecule has 0 atom stereocenters. The third-order valence-electron chi connectivity index (χ3n) is 11.9. The summed E-state index contributed by atoms with van der Waals surface area (Å²) in [6.45, 7) is 0. The van der Waals surface area contributed by atoms with Crippen LogP contribution < -0.4 is 25.5 Å². The summed E-state index contributed by atoms with van der Waals surface area (Å²) in [5.74, 6) is 1.43. The molecule has 4 aromatic heterocycles. The number of fused-ring (bicyclic) bond motifs is 7. The van der Waals surface area contributed by atoms with Crippen molar-refractivity contribution < 1.29 is 19.1 Å². The first-order valence-electron chi connectivity index (χ1n) is 22.0. The molecule has 0 saturated heterocycles. The van der Waals surface area contributed by atoms with Gasteiger partial charge < -0.3 is 13.6 Å². The summed E-state index contributed by atoms with van der Waals surface area (Å²) in [5, 5.41) is 3.89. The molecule has 9 heteroatoms. The third-order valence-corrected chi connectivity index (χ3v) is 16.7. The molecule has 7 aromatic carbocycles. The monoisotopic (exact) mass is 811 g/mol. The van der Waals surface area contributed by atoms with Crippen molar-refractivity contribution in [1.29, 1.82) is 0 Å². The zero-order chi connectivity index (χ0) is 44.0. The van der Waals surface area contributed by atoms with E-state index in [1.165, 1.54) is 25.3 Å². The molecule has 0 fully saturated rings. The second kappa shape index (κ2) is 13.9. The molecule has 8 nitrogen and oxygen atoms in total. The fourth-order valence-electron chi connectivity index (χ4n) is 9.42. The molecule has 5 heterocycles. The Hall–Kier alpha value is -7.75. The van der Waals surface area contributed by atoms with Crippen LogP contribution in [0.4, 0.5) is 0 Å². The Morgan fingerprint density at radius 2 is 1.15 bits per heavy atom. The molecular formula is C52H37N5O3Si. The summed E-state index contributed by atoms with van der Waals surface area (Å²) in [6, 6.07) is 58.8. The Labute approximate surface area is 357 Å². The van der Waals surface area contributed by atoms with Gasteiger partial charge in [0.05, 0.1) is 33.5 Å². The maximum absolute atomic E-state index is 10.2. The van der Waals surface area contributed by atoms with Crippen molar-refractivity contribution >= 4 is 56.7 Å². The number of rotatable bonds is 9. The van der Waals surface area contributed by atoms with E-state index in [0.29, 0.717) is 11.5 Å². The van der Waals surface area contributed by atoms with E-state index in [1.807, 2.05) is 78.9 Å². The molecular weight excluding hydrogens is 771 g/mol. The summed E-state index contributed by atoms with van der Waals surface area (Å²) in [7, 11) is -3.60. The second-order valence-corrected chi connectivity index (χ2v) is 18.9. The first-order valence-corrected chi connectivity index (χ1v) is 22.0. The molecule has 12 rings (SSSR count). The van der Waals surface area contributed by atoms with Gasteiger partial charge >= 0.3 is 0 Å². The van der Waals surface area contributed by atoms with Crippen LogP contribution in [0.15, 0.2) is 210 Å². The highest BCUT2D eigenvalue weighted by molar-refractivity contribution is 7.20. The molecule has 0 aliphatic carbocycles. The number of aromatic nitrogens is 5. The largest absolute Gasteiger partial charge is 0.457 e. The molecule has 61 heavy (non-hydrogen) atoms. The fourth-order valence-corrected chi connectivity index (χ4v) is 14.3. The lowest BCUT2D eigenvalue weighted by Gasteiger charge is -2.43. The van der Waals surface area contributed by atoms with E-state index in [1.54, 1.807) is 24.3 Å². The van der Waals surface area contributed by atoms with Gasteiger partial charge in [-0.25, -0.2) is 15.0 Å². The zero-order valence-corrected chi connectivity index (χ0v) is 33.5. The van der Waals surface area contributed by atoms with E-state index in [2.05, 4.69) is 91.7 Å². The second-order valence-electron chi connectivity index (χ2n) is 15.1. The van der Waals surface area contributed by atoms with Gasteiger partial charge in [-0.2, -0.15) is 0 Å². The molecule has 11 aromatic rings. The summed E-state index contributed by atoms with van der Waals surface area (Å²) in [5.41, 5.74) is 3.06. The fraction of sp³-hybridized carbons (Fsp3) is 0.0577. The molecule has 0 saturated carbocycles. The van der Waals surface area contributed by atoms with Gasteiger partial charge in [-0.05, 0) is 63.2 Å². The number of benzene rings is 7. The highest BCUT2D eigenvalue weighted by atomic mass is 28.3. The van der Waals surface area contributed by atoms with Crippen LogP contribution in [-0.2, 0) is 18.2 Å². The third kappa shape index (κ3) is 5.33. The van der Waals surface area contributed by atoms with Crippen molar-refractivity contribution in [2.45, 2.75) is 18.2 Å². The van der Waals surface area contributed by atoms with Crippen molar-refractivity contribution in [2.24, 2.45) is 0 Å². The number of hydrogen-bond donors (Lipinski definition) is 0. The van der Waals surface area contributed by atoms with Crippen LogP contribution in [0.2, 0.25) is 0 Å². The lowest BCUT2D eigenvalue weighted by atomic mass is 9.67. The molecule has 0 amide bonds. The Morgan fingerprint density at radius 3 is 1.85 bits per heavy atom. The summed E-state index contributed by atoms with van der Waals surface area (Å²) < 4.78 is 63.5. The maximum atomic E-state index is 10.2. The van der Waals surface area contributed by atoms with Gasteiger partial charge in [0.1, 0.15) is 24.0 Å². The number of nitrogens with zero attached hydrogens (tertiary/aromatic N) is 5. The minimum absolute atomic E-state index is 0.0860. The van der Waals surface area contributed by atoms with Crippen LogP contribution in [0.25, 0.3) is 33.5 Å². The normalized spacial score (nSPS) is 14.8. The SMILES string of the molecule is [2H]C([2H])(c1cocn1)C1(C([2H])([2H])c2cocn2)c2ccccc2Oc2c1cccc2[Si](c1ccccc1)(c1ccccc1)c1cccc(-n2c3ccccc3n3c4ccccc4nc23)c1. The van der Waals surface area contributed by atoms with Gasteiger partial charge in [-0.15, -0.1) is 0 Å². The molecule has 0 spiro atoms. The smallest absolute Gasteiger partial charge is 0.220 e. The Balaban J connectivity index is 1.22. The van der Waals surface area contributed by atoms with Crippen molar-refractivity contribution in [2.75, 3.05) is 0 Å². The van der Waals surface area contributed by atoms with Crippen molar-refractivity contribution in [3.63, 3.8) is 0 Å². The van der Waals surface area contributed by atoms with E-state index in [0.717, 1.165) is 54.3 Å². The molecule has 0 bridgehead atoms. The summed E-state index contributed by atoms with van der Waals surface area (Å²) in [6.07, 6.45) is -0.337. The minimum atomic E-state index is -3.60. The first-order chi connectivity index (χ1) is 31.8. The van der Waals surface area contributed by atoms with E-state index in [4.69, 9.17) is 18.6 Å². The number of para-hydroxylation sites is 6. The zero-order valence-electron chi connectivity index (χ0n) is 36.5. The summed E-state index contributed by atoms with van der Waals surface area (Å²) in [4.78, 5) is 13.9. The van der Waals surface area contributed by atoms with Crippen LogP contribution in [0.1, 0.15) is 28.0 Å².